The Bertz CT molecular complexity index is 1540. The second kappa shape index (κ2) is 12.2. The molecule has 3 heterocycles. The summed E-state index contributed by atoms with van der Waals surface area (Å²) in [5.41, 5.74) is 6.82. The fraction of sp³-hybridized carbons (Fsp3) is 0.324. The minimum absolute atomic E-state index is 0.173. The van der Waals surface area contributed by atoms with Gasteiger partial charge in [0.2, 0.25) is 5.91 Å². The number of nitrogens with one attached hydrogen (secondary N) is 2. The summed E-state index contributed by atoms with van der Waals surface area (Å²) in [7, 11) is 0. The number of fused-ring (bicyclic) bond motifs is 2. The summed E-state index contributed by atoms with van der Waals surface area (Å²) in [6, 6.07) is 21.1. The van der Waals surface area contributed by atoms with E-state index in [4.69, 9.17) is 4.74 Å². The van der Waals surface area contributed by atoms with Crippen LogP contribution in [-0.4, -0.2) is 53.8 Å². The van der Waals surface area contributed by atoms with Gasteiger partial charge in [0.25, 0.3) is 5.91 Å². The Kier molecular flexibility index (Phi) is 8.06. The van der Waals surface area contributed by atoms with E-state index in [2.05, 4.69) is 27.7 Å². The van der Waals surface area contributed by atoms with Gasteiger partial charge in [-0.15, -0.1) is 0 Å². The molecule has 0 atom stereocenters. The number of ether oxygens (including phenoxy) is 1. The lowest BCUT2D eigenvalue weighted by Crippen LogP contribution is -2.40. The summed E-state index contributed by atoms with van der Waals surface area (Å²) >= 11 is 0. The van der Waals surface area contributed by atoms with Gasteiger partial charge in [0.05, 0.1) is 35.7 Å². The van der Waals surface area contributed by atoms with Gasteiger partial charge in [-0.1, -0.05) is 55.8 Å². The number of esters is 1. The lowest BCUT2D eigenvalue weighted by molar-refractivity contribution is -0.133. The molecule has 2 N–H and O–H groups in total. The molecule has 1 saturated heterocycles. The first-order valence-electron chi connectivity index (χ1n) is 14.8. The van der Waals surface area contributed by atoms with Crippen molar-refractivity contribution in [3.8, 4) is 0 Å². The summed E-state index contributed by atoms with van der Waals surface area (Å²) in [5, 5.41) is 6.46. The van der Waals surface area contributed by atoms with Crippen LogP contribution in [0, 0.1) is 0 Å². The Morgan fingerprint density at radius 3 is 2.48 bits per heavy atom. The molecule has 0 spiro atoms. The highest BCUT2D eigenvalue weighted by Gasteiger charge is 2.30. The summed E-state index contributed by atoms with van der Waals surface area (Å²) in [6.45, 7) is 5.97. The van der Waals surface area contributed by atoms with Crippen molar-refractivity contribution in [2.45, 2.75) is 45.7 Å². The molecule has 3 aromatic carbocycles. The monoisotopic (exact) mass is 564 g/mol. The summed E-state index contributed by atoms with van der Waals surface area (Å²) < 4.78 is 5.28. The largest absolute Gasteiger partial charge is 0.462 e. The van der Waals surface area contributed by atoms with Crippen molar-refractivity contribution in [2.75, 3.05) is 36.9 Å². The van der Waals surface area contributed by atoms with E-state index >= 15 is 0 Å². The van der Waals surface area contributed by atoms with Crippen LogP contribution in [0.1, 0.15) is 65.2 Å². The minimum Gasteiger partial charge on any atom is -0.462 e. The number of nitrogens with zero attached hydrogens (tertiary/aromatic N) is 2. The third kappa shape index (κ3) is 5.81. The van der Waals surface area contributed by atoms with E-state index in [1.807, 2.05) is 48.2 Å². The van der Waals surface area contributed by atoms with Crippen LogP contribution in [0.3, 0.4) is 0 Å². The van der Waals surface area contributed by atoms with Gasteiger partial charge >= 0.3 is 5.97 Å². The topological polar surface area (TPSA) is 91.0 Å². The van der Waals surface area contributed by atoms with Crippen molar-refractivity contribution in [3.63, 3.8) is 0 Å². The van der Waals surface area contributed by atoms with Gasteiger partial charge in [-0.05, 0) is 73.3 Å². The first-order valence-corrected chi connectivity index (χ1v) is 14.8. The third-order valence-electron chi connectivity index (χ3n) is 8.11. The van der Waals surface area contributed by atoms with E-state index in [9.17, 15) is 14.4 Å². The number of carbonyl (C=O) groups excluding carboxylic acids is 3. The normalized spacial score (nSPS) is 17.4. The molecule has 2 amide bonds. The maximum Gasteiger partial charge on any atom is 0.338 e. The van der Waals surface area contributed by atoms with Crippen molar-refractivity contribution < 1.29 is 19.1 Å². The highest BCUT2D eigenvalue weighted by Crippen LogP contribution is 2.38. The van der Waals surface area contributed by atoms with Gasteiger partial charge in [0, 0.05) is 24.3 Å². The Balaban J connectivity index is 1.27. The zero-order valence-electron chi connectivity index (χ0n) is 23.9. The number of anilines is 2. The highest BCUT2D eigenvalue weighted by molar-refractivity contribution is 6.37. The number of carbonyl (C=O) groups is 3. The molecule has 0 aromatic heterocycles. The predicted molar refractivity (Wildman–Crippen MR) is 164 cm³/mol. The average Bonchev–Trinajstić information content (AvgIpc) is 3.59. The van der Waals surface area contributed by atoms with Gasteiger partial charge in [0.1, 0.15) is 0 Å². The van der Waals surface area contributed by atoms with E-state index in [1.165, 1.54) is 6.42 Å². The standard InChI is InChI=1S/C34H36N4O4/c1-2-17-42-34(41)24-12-14-28-29(19-24)36-33(40)31(28)32(23-9-5-3-6-10-23)35-27-13-11-25-20-38(21-26(25)18-27)30(39)22-37-15-7-4-8-16-37/h3,5-6,9-14,18-19,35H,2,4,7-8,15-17,20-22H2,1H3,(H,36,40)/b32-31-. The molecule has 6 rings (SSSR count). The Hall–Kier alpha value is -4.43. The van der Waals surface area contributed by atoms with Crippen LogP contribution in [0.5, 0.6) is 0 Å². The SMILES string of the molecule is CCCOC(=O)c1ccc2c(c1)NC(=O)/C2=C(\Nc1ccc2c(c1)CN(C(=O)CN1CCCCC1)C2)c1ccccc1. The first kappa shape index (κ1) is 27.7. The number of amides is 2. The molecule has 0 radical (unpaired) electrons. The highest BCUT2D eigenvalue weighted by atomic mass is 16.5. The molecule has 0 saturated carbocycles. The number of likely N-dealkylation sites (tertiary alicyclic amines) is 1. The molecule has 216 valence electrons. The molecular formula is C34H36N4O4. The molecule has 3 aromatic rings. The summed E-state index contributed by atoms with van der Waals surface area (Å²) in [6.07, 6.45) is 4.31. The van der Waals surface area contributed by atoms with Crippen molar-refractivity contribution in [1.82, 2.24) is 9.80 Å². The van der Waals surface area contributed by atoms with Gasteiger partial charge in [-0.3, -0.25) is 14.5 Å². The van der Waals surface area contributed by atoms with Crippen LogP contribution in [0.2, 0.25) is 0 Å². The molecular weight excluding hydrogens is 528 g/mol. The maximum absolute atomic E-state index is 13.4. The van der Waals surface area contributed by atoms with Gasteiger partial charge in [0.15, 0.2) is 0 Å². The number of rotatable bonds is 8. The van der Waals surface area contributed by atoms with Gasteiger partial charge in [-0.25, -0.2) is 4.79 Å². The lowest BCUT2D eigenvalue weighted by atomic mass is 9.98. The lowest BCUT2D eigenvalue weighted by Gasteiger charge is -2.27. The van der Waals surface area contributed by atoms with Crippen LogP contribution >= 0.6 is 0 Å². The van der Waals surface area contributed by atoms with E-state index in [0.717, 1.165) is 54.7 Å². The fourth-order valence-electron chi connectivity index (χ4n) is 5.91. The molecule has 3 aliphatic rings. The van der Waals surface area contributed by atoms with Gasteiger partial charge < -0.3 is 20.3 Å². The Morgan fingerprint density at radius 1 is 0.905 bits per heavy atom. The number of piperidine rings is 1. The van der Waals surface area contributed by atoms with E-state index in [0.29, 0.717) is 54.3 Å². The fourth-order valence-corrected chi connectivity index (χ4v) is 5.91. The molecule has 0 aliphatic carbocycles. The summed E-state index contributed by atoms with van der Waals surface area (Å²) in [5.74, 6) is -0.479. The van der Waals surface area contributed by atoms with Crippen LogP contribution in [-0.2, 0) is 27.4 Å². The second-order valence-corrected chi connectivity index (χ2v) is 11.2. The number of hydrogen-bond donors (Lipinski definition) is 2. The molecule has 8 heteroatoms. The number of hydrogen-bond acceptors (Lipinski definition) is 6. The van der Waals surface area contributed by atoms with E-state index < -0.39 is 5.97 Å². The van der Waals surface area contributed by atoms with Crippen molar-refractivity contribution in [2.24, 2.45) is 0 Å². The van der Waals surface area contributed by atoms with Crippen LogP contribution < -0.4 is 10.6 Å². The first-order chi connectivity index (χ1) is 20.5. The average molecular weight is 565 g/mol. The maximum atomic E-state index is 13.4. The van der Waals surface area contributed by atoms with Crippen molar-refractivity contribution >= 4 is 40.4 Å². The molecule has 0 bridgehead atoms. The van der Waals surface area contributed by atoms with Crippen LogP contribution in [0.15, 0.2) is 66.7 Å². The second-order valence-electron chi connectivity index (χ2n) is 11.2. The molecule has 8 nitrogen and oxygen atoms in total. The third-order valence-corrected chi connectivity index (χ3v) is 8.11. The van der Waals surface area contributed by atoms with Crippen molar-refractivity contribution in [3.05, 3.63) is 94.5 Å². The molecule has 42 heavy (non-hydrogen) atoms. The van der Waals surface area contributed by atoms with Gasteiger partial charge in [-0.2, -0.15) is 0 Å². The van der Waals surface area contributed by atoms with Crippen LogP contribution in [0.25, 0.3) is 11.3 Å². The summed E-state index contributed by atoms with van der Waals surface area (Å²) in [4.78, 5) is 43.1. The van der Waals surface area contributed by atoms with Crippen molar-refractivity contribution in [1.29, 1.82) is 0 Å². The molecule has 3 aliphatic heterocycles. The quantitative estimate of drug-likeness (QED) is 0.277. The Morgan fingerprint density at radius 2 is 1.69 bits per heavy atom. The Labute approximate surface area is 246 Å². The van der Waals surface area contributed by atoms with Crippen LogP contribution in [0.4, 0.5) is 11.4 Å². The zero-order valence-corrected chi connectivity index (χ0v) is 23.9. The predicted octanol–water partition coefficient (Wildman–Crippen LogP) is 5.51. The molecule has 1 fully saturated rings. The van der Waals surface area contributed by atoms with E-state index in [-0.39, 0.29) is 11.8 Å². The number of benzene rings is 3. The molecule has 0 unspecified atom stereocenters. The minimum atomic E-state index is -0.408. The zero-order chi connectivity index (χ0) is 29.1. The smallest absolute Gasteiger partial charge is 0.338 e. The van der Waals surface area contributed by atoms with E-state index in [1.54, 1.807) is 18.2 Å².